The first kappa shape index (κ1) is 29.9. The Morgan fingerprint density at radius 3 is 1.60 bits per heavy atom. The highest BCUT2D eigenvalue weighted by Crippen LogP contribution is 2.54. The third kappa shape index (κ3) is 5.11. The smallest absolute Gasteiger partial charge is 0.0508 e. The zero-order valence-corrected chi connectivity index (χ0v) is 28.3. The maximum absolute atomic E-state index is 2.47. The molecule has 0 aliphatic heterocycles. The molecule has 0 heterocycles. The van der Waals surface area contributed by atoms with Crippen molar-refractivity contribution < 1.29 is 0 Å². The molecule has 0 bridgehead atoms. The maximum atomic E-state index is 2.47. The third-order valence-corrected chi connectivity index (χ3v) is 10.4. The van der Waals surface area contributed by atoms with Crippen LogP contribution in [0.2, 0.25) is 0 Å². The van der Waals surface area contributed by atoms with Crippen LogP contribution in [-0.4, -0.2) is 0 Å². The van der Waals surface area contributed by atoms with Crippen LogP contribution >= 0.6 is 0 Å². The molecule has 0 amide bonds. The first-order valence-electron chi connectivity index (χ1n) is 17.4. The van der Waals surface area contributed by atoms with Crippen molar-refractivity contribution in [1.29, 1.82) is 0 Å². The highest BCUT2D eigenvalue weighted by atomic mass is 15.1. The van der Waals surface area contributed by atoms with Crippen LogP contribution in [0.25, 0.3) is 55.3 Å². The summed E-state index contributed by atoms with van der Waals surface area (Å²) in [6.45, 7) is 4.74. The molecule has 1 nitrogen and oxygen atoms in total. The minimum atomic E-state index is -0.165. The summed E-state index contributed by atoms with van der Waals surface area (Å²) in [5.74, 6) is 0. The fourth-order valence-electron chi connectivity index (χ4n) is 7.94. The molecule has 0 atom stereocenters. The Labute approximate surface area is 294 Å². The van der Waals surface area contributed by atoms with Crippen molar-refractivity contribution in [2.75, 3.05) is 4.90 Å². The number of hydrogen-bond acceptors (Lipinski definition) is 1. The zero-order valence-electron chi connectivity index (χ0n) is 28.3. The molecule has 8 aromatic rings. The highest BCUT2D eigenvalue weighted by molar-refractivity contribution is 5.93. The number of rotatable bonds is 6. The minimum absolute atomic E-state index is 0.165. The fourth-order valence-corrected chi connectivity index (χ4v) is 7.94. The molecule has 1 heteroatoms. The quantitative estimate of drug-likeness (QED) is 0.175. The molecular weight excluding hydrogens is 603 g/mol. The van der Waals surface area contributed by atoms with Gasteiger partial charge in [-0.1, -0.05) is 166 Å². The van der Waals surface area contributed by atoms with Gasteiger partial charge in [-0.05, 0) is 103 Å². The largest absolute Gasteiger partial charge is 0.310 e. The minimum Gasteiger partial charge on any atom is -0.310 e. The summed E-state index contributed by atoms with van der Waals surface area (Å²) in [5.41, 5.74) is 15.9. The van der Waals surface area contributed by atoms with Crippen molar-refractivity contribution in [3.8, 4) is 44.5 Å². The Morgan fingerprint density at radius 1 is 0.360 bits per heavy atom. The van der Waals surface area contributed by atoms with Crippen molar-refractivity contribution in [1.82, 2.24) is 0 Å². The van der Waals surface area contributed by atoms with Crippen molar-refractivity contribution in [3.05, 3.63) is 199 Å². The predicted octanol–water partition coefficient (Wildman–Crippen LogP) is 13.6. The van der Waals surface area contributed by atoms with Crippen LogP contribution in [0.3, 0.4) is 0 Å². The Bertz CT molecular complexity index is 2510. The lowest BCUT2D eigenvalue weighted by Gasteiger charge is -2.32. The predicted molar refractivity (Wildman–Crippen MR) is 213 cm³/mol. The van der Waals surface area contributed by atoms with E-state index >= 15 is 0 Å². The van der Waals surface area contributed by atoms with Gasteiger partial charge in [0.2, 0.25) is 0 Å². The Hall–Kier alpha value is -6.18. The molecule has 0 fully saturated rings. The Morgan fingerprint density at radius 2 is 0.860 bits per heavy atom. The average Bonchev–Trinajstić information content (AvgIpc) is 3.42. The second-order valence-corrected chi connectivity index (χ2v) is 13.8. The summed E-state index contributed by atoms with van der Waals surface area (Å²) < 4.78 is 0. The van der Waals surface area contributed by atoms with Gasteiger partial charge in [-0.25, -0.2) is 0 Å². The second kappa shape index (κ2) is 12.1. The van der Waals surface area contributed by atoms with Crippen molar-refractivity contribution in [2.45, 2.75) is 19.3 Å². The molecule has 0 N–H and O–H groups in total. The van der Waals surface area contributed by atoms with E-state index in [1.54, 1.807) is 0 Å². The topological polar surface area (TPSA) is 3.24 Å². The molecule has 50 heavy (non-hydrogen) atoms. The molecule has 0 unspecified atom stereocenters. The van der Waals surface area contributed by atoms with Crippen molar-refractivity contribution in [3.63, 3.8) is 0 Å². The number of nitrogens with zero attached hydrogens (tertiary/aromatic N) is 1. The Kier molecular flexibility index (Phi) is 7.21. The highest BCUT2D eigenvalue weighted by Gasteiger charge is 2.38. The number of anilines is 3. The van der Waals surface area contributed by atoms with E-state index in [1.807, 2.05) is 0 Å². The van der Waals surface area contributed by atoms with Crippen molar-refractivity contribution >= 4 is 27.8 Å². The van der Waals surface area contributed by atoms with Crippen molar-refractivity contribution in [2.24, 2.45) is 0 Å². The monoisotopic (exact) mass is 639 g/mol. The number of hydrogen-bond donors (Lipinski definition) is 0. The normalized spacial score (nSPS) is 12.8. The van der Waals surface area contributed by atoms with Gasteiger partial charge >= 0.3 is 0 Å². The summed E-state index contributed by atoms with van der Waals surface area (Å²) in [5, 5.41) is 2.50. The Balaban J connectivity index is 1.21. The first-order valence-corrected chi connectivity index (χ1v) is 17.4. The van der Waals surface area contributed by atoms with Crippen LogP contribution in [0.1, 0.15) is 25.0 Å². The van der Waals surface area contributed by atoms with Gasteiger partial charge in [0, 0.05) is 16.8 Å². The van der Waals surface area contributed by atoms with Gasteiger partial charge in [-0.15, -0.1) is 0 Å². The fraction of sp³-hybridized carbons (Fsp3) is 0.0612. The molecule has 0 aromatic heterocycles. The molecule has 0 saturated carbocycles. The third-order valence-electron chi connectivity index (χ3n) is 10.4. The van der Waals surface area contributed by atoms with Gasteiger partial charge in [0.25, 0.3) is 0 Å². The lowest BCUT2D eigenvalue weighted by Crippen LogP contribution is -2.20. The van der Waals surface area contributed by atoms with E-state index < -0.39 is 0 Å². The van der Waals surface area contributed by atoms with Crippen LogP contribution < -0.4 is 4.90 Å². The molecule has 238 valence electrons. The van der Waals surface area contributed by atoms with E-state index in [4.69, 9.17) is 0 Å². The van der Waals surface area contributed by atoms with Gasteiger partial charge in [0.05, 0.1) is 5.69 Å². The summed E-state index contributed by atoms with van der Waals surface area (Å²) in [7, 11) is 0. The second-order valence-electron chi connectivity index (χ2n) is 13.8. The van der Waals surface area contributed by atoms with E-state index in [9.17, 15) is 0 Å². The van der Waals surface area contributed by atoms with Gasteiger partial charge < -0.3 is 4.90 Å². The zero-order chi connectivity index (χ0) is 33.7. The van der Waals surface area contributed by atoms with E-state index in [0.29, 0.717) is 0 Å². The van der Waals surface area contributed by atoms with Gasteiger partial charge in [-0.3, -0.25) is 0 Å². The number of benzene rings is 8. The molecule has 0 radical (unpaired) electrons. The summed E-state index contributed by atoms with van der Waals surface area (Å²) in [4.78, 5) is 2.47. The summed E-state index contributed by atoms with van der Waals surface area (Å²) in [6.07, 6.45) is 0. The lowest BCUT2D eigenvalue weighted by atomic mass is 9.81. The molecule has 0 saturated heterocycles. The molecule has 8 aromatic carbocycles. The van der Waals surface area contributed by atoms with Crippen LogP contribution in [0.5, 0.6) is 0 Å². The number of fused-ring (bicyclic) bond motifs is 4. The average molecular weight is 640 g/mol. The van der Waals surface area contributed by atoms with Gasteiger partial charge in [0.1, 0.15) is 0 Å². The SMILES string of the molecule is CC1(C)c2ccccc2-c2cccc(N(c3cccc(-c4ccc(-c5ccccc5)cc4)c3)c3cccc(-c4ccc5ccccc5c4)c3)c21. The van der Waals surface area contributed by atoms with E-state index in [-0.39, 0.29) is 5.41 Å². The maximum Gasteiger partial charge on any atom is 0.0508 e. The van der Waals surface area contributed by atoms with Crippen LogP contribution in [0.4, 0.5) is 17.1 Å². The van der Waals surface area contributed by atoms with Crippen LogP contribution in [0, 0.1) is 0 Å². The molecule has 9 rings (SSSR count). The van der Waals surface area contributed by atoms with Crippen LogP contribution in [0.15, 0.2) is 188 Å². The lowest BCUT2D eigenvalue weighted by molar-refractivity contribution is 0.661. The standard InChI is InChI=1S/C49H37N/c1-49(2)46-23-9-8-21-44(46)45-22-12-24-47(48(45)49)50(43-20-11-18-40(33-43)41-30-29-35-15-6-7-16-38(35)31-41)42-19-10-17-39(32-42)37-27-25-36(26-28-37)34-13-4-3-5-14-34/h3-33H,1-2H3. The van der Waals surface area contributed by atoms with Crippen LogP contribution in [-0.2, 0) is 5.41 Å². The van der Waals surface area contributed by atoms with E-state index in [1.165, 1.54) is 72.1 Å². The molecule has 1 aliphatic carbocycles. The van der Waals surface area contributed by atoms with Gasteiger partial charge in [0.15, 0.2) is 0 Å². The van der Waals surface area contributed by atoms with Gasteiger partial charge in [-0.2, -0.15) is 0 Å². The molecule has 1 aliphatic rings. The van der Waals surface area contributed by atoms with E-state index in [0.717, 1.165) is 11.4 Å². The van der Waals surface area contributed by atoms with E-state index in [2.05, 4.69) is 207 Å². The first-order chi connectivity index (χ1) is 24.5. The molecular formula is C49H37N. The molecule has 0 spiro atoms. The summed E-state index contributed by atoms with van der Waals surface area (Å²) in [6, 6.07) is 68.6. The summed E-state index contributed by atoms with van der Waals surface area (Å²) >= 11 is 0.